The lowest BCUT2D eigenvalue weighted by Gasteiger charge is -2.39. The zero-order valence-corrected chi connectivity index (χ0v) is 19.5. The summed E-state index contributed by atoms with van der Waals surface area (Å²) in [6.07, 6.45) is 16.2. The Morgan fingerprint density at radius 1 is 0.593 bits per heavy atom. The third-order valence-corrected chi connectivity index (χ3v) is 5.40. The van der Waals surface area contributed by atoms with Crippen LogP contribution in [0.2, 0.25) is 0 Å². The SMILES string of the molecule is CCCCCCCCC(CCCCCCCCl)C(OCC)(OCC)OCC. The van der Waals surface area contributed by atoms with Gasteiger partial charge in [0.15, 0.2) is 0 Å². The highest BCUT2D eigenvalue weighted by molar-refractivity contribution is 6.17. The third kappa shape index (κ3) is 13.1. The van der Waals surface area contributed by atoms with E-state index in [4.69, 9.17) is 25.8 Å². The minimum Gasteiger partial charge on any atom is -0.328 e. The Morgan fingerprint density at radius 2 is 1.00 bits per heavy atom. The Morgan fingerprint density at radius 3 is 1.41 bits per heavy atom. The molecule has 0 aliphatic carbocycles. The van der Waals surface area contributed by atoms with Crippen molar-refractivity contribution in [2.75, 3.05) is 25.7 Å². The quantitative estimate of drug-likeness (QED) is 0.111. The van der Waals surface area contributed by atoms with E-state index in [1.165, 1.54) is 64.2 Å². The van der Waals surface area contributed by atoms with Gasteiger partial charge in [0.1, 0.15) is 0 Å². The van der Waals surface area contributed by atoms with Crippen LogP contribution in [0, 0.1) is 5.92 Å². The maximum absolute atomic E-state index is 6.10. The lowest BCUT2D eigenvalue weighted by Crippen LogP contribution is -2.46. The average Bonchev–Trinajstić information content (AvgIpc) is 2.66. The predicted octanol–water partition coefficient (Wildman–Crippen LogP) is 7.70. The maximum atomic E-state index is 6.10. The molecular weight excluding hydrogens is 360 g/mol. The summed E-state index contributed by atoms with van der Waals surface area (Å²) in [5.74, 6) is 0.220. The van der Waals surface area contributed by atoms with E-state index in [9.17, 15) is 0 Å². The lowest BCUT2D eigenvalue weighted by atomic mass is 9.91. The molecule has 3 nitrogen and oxygen atoms in total. The molecular formula is C23H47ClO3. The fourth-order valence-electron chi connectivity index (χ4n) is 3.77. The molecule has 0 fully saturated rings. The summed E-state index contributed by atoms with van der Waals surface area (Å²) in [7, 11) is 0. The number of ether oxygens (including phenoxy) is 3. The van der Waals surface area contributed by atoms with Crippen molar-refractivity contribution in [1.29, 1.82) is 0 Å². The molecule has 0 aliphatic heterocycles. The summed E-state index contributed by atoms with van der Waals surface area (Å²) in [6.45, 7) is 10.2. The van der Waals surface area contributed by atoms with Gasteiger partial charge in [0.25, 0.3) is 5.97 Å². The van der Waals surface area contributed by atoms with Gasteiger partial charge in [-0.2, -0.15) is 0 Å². The number of hydrogen-bond donors (Lipinski definition) is 0. The summed E-state index contributed by atoms with van der Waals surface area (Å²) in [6, 6.07) is 0. The highest BCUT2D eigenvalue weighted by Crippen LogP contribution is 2.34. The Kier molecular flexibility index (Phi) is 19.6. The maximum Gasteiger partial charge on any atom is 0.285 e. The van der Waals surface area contributed by atoms with E-state index >= 15 is 0 Å². The first-order valence-corrected chi connectivity index (χ1v) is 12.2. The topological polar surface area (TPSA) is 27.7 Å². The lowest BCUT2D eigenvalue weighted by molar-refractivity contribution is -0.403. The van der Waals surface area contributed by atoms with Gasteiger partial charge in [0, 0.05) is 31.6 Å². The molecule has 27 heavy (non-hydrogen) atoms. The first-order chi connectivity index (χ1) is 13.2. The fraction of sp³-hybridized carbons (Fsp3) is 1.00. The fourth-order valence-corrected chi connectivity index (χ4v) is 3.96. The number of alkyl halides is 1. The Bertz CT molecular complexity index is 266. The molecule has 1 unspecified atom stereocenters. The van der Waals surface area contributed by atoms with Gasteiger partial charge in [-0.05, 0) is 40.0 Å². The van der Waals surface area contributed by atoms with Crippen LogP contribution in [0.1, 0.15) is 111 Å². The summed E-state index contributed by atoms with van der Waals surface area (Å²) in [4.78, 5) is 0. The molecule has 1 atom stereocenters. The molecule has 0 spiro atoms. The largest absolute Gasteiger partial charge is 0.328 e. The van der Waals surface area contributed by atoms with E-state index in [2.05, 4.69) is 6.92 Å². The number of unbranched alkanes of at least 4 members (excludes halogenated alkanes) is 9. The first-order valence-electron chi connectivity index (χ1n) is 11.7. The van der Waals surface area contributed by atoms with Gasteiger partial charge in [0.2, 0.25) is 0 Å². The van der Waals surface area contributed by atoms with Crippen LogP contribution in [0.5, 0.6) is 0 Å². The van der Waals surface area contributed by atoms with E-state index in [0.717, 1.165) is 25.1 Å². The highest BCUT2D eigenvalue weighted by atomic mass is 35.5. The number of halogens is 1. The monoisotopic (exact) mass is 406 g/mol. The van der Waals surface area contributed by atoms with Crippen LogP contribution in [-0.4, -0.2) is 31.7 Å². The van der Waals surface area contributed by atoms with E-state index in [-0.39, 0.29) is 0 Å². The Balaban J connectivity index is 4.71. The molecule has 0 bridgehead atoms. The predicted molar refractivity (Wildman–Crippen MR) is 118 cm³/mol. The van der Waals surface area contributed by atoms with Crippen LogP contribution < -0.4 is 0 Å². The molecule has 0 amide bonds. The minimum atomic E-state index is -0.863. The second kappa shape index (κ2) is 19.5. The van der Waals surface area contributed by atoms with E-state index in [1.54, 1.807) is 0 Å². The van der Waals surface area contributed by atoms with Gasteiger partial charge in [-0.25, -0.2) is 0 Å². The molecule has 0 aromatic heterocycles. The molecule has 0 aliphatic rings. The molecule has 0 N–H and O–H groups in total. The van der Waals surface area contributed by atoms with Crippen LogP contribution in [0.15, 0.2) is 0 Å². The summed E-state index contributed by atoms with van der Waals surface area (Å²) >= 11 is 5.78. The molecule has 0 heterocycles. The zero-order chi connectivity index (χ0) is 20.2. The van der Waals surface area contributed by atoms with Crippen LogP contribution in [0.25, 0.3) is 0 Å². The van der Waals surface area contributed by atoms with Crippen molar-refractivity contribution >= 4 is 11.6 Å². The van der Waals surface area contributed by atoms with Gasteiger partial charge in [-0.3, -0.25) is 0 Å². The first kappa shape index (κ1) is 27.2. The second-order valence-electron chi connectivity index (χ2n) is 7.40. The van der Waals surface area contributed by atoms with Gasteiger partial charge < -0.3 is 14.2 Å². The van der Waals surface area contributed by atoms with E-state index in [0.29, 0.717) is 25.7 Å². The third-order valence-electron chi connectivity index (χ3n) is 5.13. The van der Waals surface area contributed by atoms with Crippen molar-refractivity contribution in [3.63, 3.8) is 0 Å². The van der Waals surface area contributed by atoms with Crippen molar-refractivity contribution in [3.05, 3.63) is 0 Å². The van der Waals surface area contributed by atoms with Crippen molar-refractivity contribution < 1.29 is 14.2 Å². The van der Waals surface area contributed by atoms with Gasteiger partial charge >= 0.3 is 0 Å². The standard InChI is InChI=1S/C23H47ClO3/c1-5-9-10-11-13-16-19-22(20-17-14-12-15-18-21-24)23(25-6-2,26-7-3)27-8-4/h22H,5-21H2,1-4H3. The minimum absolute atomic E-state index is 0.302. The molecule has 0 saturated heterocycles. The van der Waals surface area contributed by atoms with Crippen molar-refractivity contribution in [2.24, 2.45) is 5.92 Å². The molecule has 164 valence electrons. The van der Waals surface area contributed by atoms with E-state index < -0.39 is 5.97 Å². The van der Waals surface area contributed by atoms with Crippen molar-refractivity contribution in [3.8, 4) is 0 Å². The summed E-state index contributed by atoms with van der Waals surface area (Å²) in [5.41, 5.74) is 0. The van der Waals surface area contributed by atoms with Crippen LogP contribution in [-0.2, 0) is 14.2 Å². The van der Waals surface area contributed by atoms with Gasteiger partial charge in [-0.1, -0.05) is 71.1 Å². The molecule has 0 radical (unpaired) electrons. The number of hydrogen-bond acceptors (Lipinski definition) is 3. The second-order valence-corrected chi connectivity index (χ2v) is 7.78. The average molecular weight is 407 g/mol. The van der Waals surface area contributed by atoms with Crippen molar-refractivity contribution in [2.45, 2.75) is 117 Å². The Hall–Kier alpha value is 0.170. The van der Waals surface area contributed by atoms with Crippen LogP contribution >= 0.6 is 11.6 Å². The molecule has 0 aromatic rings. The highest BCUT2D eigenvalue weighted by Gasteiger charge is 2.41. The summed E-state index contributed by atoms with van der Waals surface area (Å²) < 4.78 is 18.3. The van der Waals surface area contributed by atoms with Crippen LogP contribution in [0.4, 0.5) is 0 Å². The normalized spacial score (nSPS) is 13.2. The number of rotatable bonds is 21. The Labute approximate surface area is 174 Å². The molecule has 0 rings (SSSR count). The van der Waals surface area contributed by atoms with Crippen LogP contribution in [0.3, 0.4) is 0 Å². The summed E-state index contributed by atoms with van der Waals surface area (Å²) in [5, 5.41) is 0. The zero-order valence-electron chi connectivity index (χ0n) is 18.7. The van der Waals surface area contributed by atoms with Gasteiger partial charge in [0.05, 0.1) is 0 Å². The van der Waals surface area contributed by atoms with E-state index in [1.807, 2.05) is 20.8 Å². The molecule has 0 saturated carbocycles. The molecule has 4 heteroatoms. The smallest absolute Gasteiger partial charge is 0.285 e. The van der Waals surface area contributed by atoms with Gasteiger partial charge in [-0.15, -0.1) is 11.6 Å². The van der Waals surface area contributed by atoms with Crippen molar-refractivity contribution in [1.82, 2.24) is 0 Å². The molecule has 0 aromatic carbocycles.